The molecular weight excluding hydrogens is 136 g/mol. The van der Waals surface area contributed by atoms with Crippen LogP contribution < -0.4 is 0 Å². The predicted octanol–water partition coefficient (Wildman–Crippen LogP) is 2.36. The second-order valence-electron chi connectivity index (χ2n) is 4.40. The van der Waals surface area contributed by atoms with Crippen LogP contribution in [0.5, 0.6) is 0 Å². The highest BCUT2D eigenvalue weighted by Gasteiger charge is 2.39. The number of aliphatic hydroxyl groups is 1. The zero-order valence-corrected chi connectivity index (χ0v) is 7.72. The van der Waals surface area contributed by atoms with Crippen molar-refractivity contribution in [3.05, 3.63) is 12.2 Å². The summed E-state index contributed by atoms with van der Waals surface area (Å²) in [6, 6.07) is 0. The van der Waals surface area contributed by atoms with Gasteiger partial charge in [-0.15, -0.1) is 0 Å². The molecule has 1 heteroatoms. The van der Waals surface area contributed by atoms with E-state index in [0.717, 1.165) is 6.42 Å². The van der Waals surface area contributed by atoms with Crippen LogP contribution in [0.15, 0.2) is 12.2 Å². The molecule has 0 aromatic heterocycles. The molecule has 1 rings (SSSR count). The van der Waals surface area contributed by atoms with E-state index in [4.69, 9.17) is 0 Å². The van der Waals surface area contributed by atoms with Gasteiger partial charge >= 0.3 is 0 Å². The lowest BCUT2D eigenvalue weighted by Gasteiger charge is -2.43. The predicted molar refractivity (Wildman–Crippen MR) is 47.3 cm³/mol. The largest absolute Gasteiger partial charge is 0.395 e. The Morgan fingerprint density at radius 3 is 2.36 bits per heavy atom. The summed E-state index contributed by atoms with van der Waals surface area (Å²) in [7, 11) is 0. The lowest BCUT2D eigenvalue weighted by atomic mass is 9.62. The monoisotopic (exact) mass is 154 g/mol. The summed E-state index contributed by atoms with van der Waals surface area (Å²) in [5, 5.41) is 9.23. The minimum atomic E-state index is -0.00868. The van der Waals surface area contributed by atoms with Gasteiger partial charge in [-0.1, -0.05) is 32.9 Å². The average Bonchev–Trinajstić information content (AvgIpc) is 1.95. The first-order valence-corrected chi connectivity index (χ1v) is 4.30. The summed E-state index contributed by atoms with van der Waals surface area (Å²) in [4.78, 5) is 0. The van der Waals surface area contributed by atoms with Gasteiger partial charge < -0.3 is 5.11 Å². The topological polar surface area (TPSA) is 20.2 Å². The number of rotatable bonds is 1. The van der Waals surface area contributed by atoms with Crippen molar-refractivity contribution in [1.82, 2.24) is 0 Å². The lowest BCUT2D eigenvalue weighted by Crippen LogP contribution is -2.38. The van der Waals surface area contributed by atoms with E-state index in [0.29, 0.717) is 0 Å². The van der Waals surface area contributed by atoms with Crippen molar-refractivity contribution in [2.75, 3.05) is 6.61 Å². The Morgan fingerprint density at radius 2 is 2.00 bits per heavy atom. The van der Waals surface area contributed by atoms with Gasteiger partial charge in [-0.05, 0) is 18.3 Å². The highest BCUT2D eigenvalue weighted by atomic mass is 16.3. The van der Waals surface area contributed by atoms with Crippen molar-refractivity contribution < 1.29 is 5.11 Å². The highest BCUT2D eigenvalue weighted by Crippen LogP contribution is 2.46. The molecule has 0 saturated carbocycles. The standard InChI is InChI=1S/C10H18O/c1-9(2)6-4-5-7-10(9,3)8-11/h5,7,11H,4,6,8H2,1-3H3. The van der Waals surface area contributed by atoms with Crippen LogP contribution in [0.1, 0.15) is 33.6 Å². The molecule has 1 nitrogen and oxygen atoms in total. The van der Waals surface area contributed by atoms with Crippen LogP contribution in [0, 0.1) is 10.8 Å². The molecule has 0 aromatic rings. The third-order valence-corrected chi connectivity index (χ3v) is 3.30. The first kappa shape index (κ1) is 8.79. The van der Waals surface area contributed by atoms with Crippen LogP contribution in [0.2, 0.25) is 0 Å². The molecule has 1 unspecified atom stereocenters. The molecule has 0 radical (unpaired) electrons. The molecule has 0 spiro atoms. The van der Waals surface area contributed by atoms with Crippen molar-refractivity contribution in [1.29, 1.82) is 0 Å². The fourth-order valence-corrected chi connectivity index (χ4v) is 1.57. The van der Waals surface area contributed by atoms with Gasteiger partial charge in [-0.3, -0.25) is 0 Å². The Kier molecular flexibility index (Phi) is 2.10. The van der Waals surface area contributed by atoms with E-state index in [2.05, 4.69) is 32.9 Å². The summed E-state index contributed by atoms with van der Waals surface area (Å²) < 4.78 is 0. The Morgan fingerprint density at radius 1 is 1.36 bits per heavy atom. The minimum absolute atomic E-state index is 0.00868. The number of aliphatic hydroxyl groups excluding tert-OH is 1. The molecule has 0 aromatic carbocycles. The van der Waals surface area contributed by atoms with E-state index in [-0.39, 0.29) is 17.4 Å². The van der Waals surface area contributed by atoms with Crippen LogP contribution in [0.25, 0.3) is 0 Å². The molecule has 0 amide bonds. The van der Waals surface area contributed by atoms with E-state index in [1.807, 2.05) is 0 Å². The van der Waals surface area contributed by atoms with Gasteiger partial charge in [0.15, 0.2) is 0 Å². The lowest BCUT2D eigenvalue weighted by molar-refractivity contribution is 0.0504. The fourth-order valence-electron chi connectivity index (χ4n) is 1.57. The van der Waals surface area contributed by atoms with Gasteiger partial charge in [0.05, 0.1) is 6.61 Å². The molecule has 64 valence electrons. The molecule has 0 saturated heterocycles. The van der Waals surface area contributed by atoms with E-state index in [1.165, 1.54) is 6.42 Å². The fraction of sp³-hybridized carbons (Fsp3) is 0.800. The Hall–Kier alpha value is -0.300. The van der Waals surface area contributed by atoms with Crippen LogP contribution in [0.4, 0.5) is 0 Å². The Bertz CT molecular complexity index is 170. The Labute approximate surface area is 69.1 Å². The van der Waals surface area contributed by atoms with E-state index >= 15 is 0 Å². The molecule has 0 fully saturated rings. The maximum Gasteiger partial charge on any atom is 0.0524 e. The van der Waals surface area contributed by atoms with Crippen LogP contribution in [-0.4, -0.2) is 11.7 Å². The molecule has 1 aliphatic rings. The normalized spacial score (nSPS) is 35.6. The second kappa shape index (κ2) is 2.63. The summed E-state index contributed by atoms with van der Waals surface area (Å²) >= 11 is 0. The summed E-state index contributed by atoms with van der Waals surface area (Å²) in [6.45, 7) is 6.85. The zero-order chi connectivity index (χ0) is 8.54. The van der Waals surface area contributed by atoms with Crippen LogP contribution >= 0.6 is 0 Å². The molecule has 1 N–H and O–H groups in total. The number of hydrogen-bond donors (Lipinski definition) is 1. The quantitative estimate of drug-likeness (QED) is 0.575. The van der Waals surface area contributed by atoms with Crippen molar-refractivity contribution in [2.45, 2.75) is 33.6 Å². The van der Waals surface area contributed by atoms with Gasteiger partial charge in [0.25, 0.3) is 0 Å². The van der Waals surface area contributed by atoms with Gasteiger partial charge in [-0.2, -0.15) is 0 Å². The van der Waals surface area contributed by atoms with Crippen molar-refractivity contribution in [2.24, 2.45) is 10.8 Å². The maximum absolute atomic E-state index is 9.23. The molecule has 0 heterocycles. The van der Waals surface area contributed by atoms with Gasteiger partial charge in [0.2, 0.25) is 0 Å². The minimum Gasteiger partial charge on any atom is -0.395 e. The summed E-state index contributed by atoms with van der Waals surface area (Å²) in [5.74, 6) is 0. The maximum atomic E-state index is 9.23. The highest BCUT2D eigenvalue weighted by molar-refractivity contribution is 5.08. The average molecular weight is 154 g/mol. The van der Waals surface area contributed by atoms with E-state index in [1.54, 1.807) is 0 Å². The van der Waals surface area contributed by atoms with Gasteiger partial charge in [0, 0.05) is 5.41 Å². The zero-order valence-electron chi connectivity index (χ0n) is 7.72. The molecular formula is C10H18O. The van der Waals surface area contributed by atoms with E-state index in [9.17, 15) is 5.11 Å². The second-order valence-corrected chi connectivity index (χ2v) is 4.40. The smallest absolute Gasteiger partial charge is 0.0524 e. The first-order chi connectivity index (χ1) is 5.02. The van der Waals surface area contributed by atoms with Crippen molar-refractivity contribution in [3.63, 3.8) is 0 Å². The molecule has 0 aliphatic heterocycles. The van der Waals surface area contributed by atoms with Gasteiger partial charge in [0.1, 0.15) is 0 Å². The molecule has 0 bridgehead atoms. The SMILES string of the molecule is CC1(C)CCC=CC1(C)CO. The van der Waals surface area contributed by atoms with Crippen molar-refractivity contribution in [3.8, 4) is 0 Å². The third kappa shape index (κ3) is 1.34. The Balaban J connectivity index is 2.89. The van der Waals surface area contributed by atoms with Gasteiger partial charge in [-0.25, -0.2) is 0 Å². The van der Waals surface area contributed by atoms with Crippen molar-refractivity contribution >= 4 is 0 Å². The number of hydrogen-bond acceptors (Lipinski definition) is 1. The molecule has 11 heavy (non-hydrogen) atoms. The summed E-state index contributed by atoms with van der Waals surface area (Å²) in [5.41, 5.74) is 0.238. The third-order valence-electron chi connectivity index (χ3n) is 3.30. The van der Waals surface area contributed by atoms with Crippen LogP contribution in [-0.2, 0) is 0 Å². The molecule has 1 aliphatic carbocycles. The summed E-state index contributed by atoms with van der Waals surface area (Å²) in [6.07, 6.45) is 6.68. The molecule has 1 atom stereocenters. The van der Waals surface area contributed by atoms with Crippen LogP contribution in [0.3, 0.4) is 0 Å². The number of allylic oxidation sites excluding steroid dienone is 1. The first-order valence-electron chi connectivity index (χ1n) is 4.30. The van der Waals surface area contributed by atoms with E-state index < -0.39 is 0 Å².